The van der Waals surface area contributed by atoms with Crippen molar-refractivity contribution >= 4 is 10.9 Å². The number of hydrogen-bond acceptors (Lipinski definition) is 3. The molecular weight excluding hydrogens is 286 g/mol. The Morgan fingerprint density at radius 3 is 2.65 bits per heavy atom. The fourth-order valence-electron chi connectivity index (χ4n) is 3.83. The summed E-state index contributed by atoms with van der Waals surface area (Å²) in [6.07, 6.45) is 9.65. The number of hydrogen-bond donors (Lipinski definition) is 0. The largest absolute Gasteiger partial charge is 0.298 e. The van der Waals surface area contributed by atoms with Crippen LogP contribution in [0.25, 0.3) is 10.9 Å². The molecule has 0 unspecified atom stereocenters. The summed E-state index contributed by atoms with van der Waals surface area (Å²) in [6.45, 7) is 0.696. The van der Waals surface area contributed by atoms with Gasteiger partial charge in [0.25, 0.3) is 5.56 Å². The average Bonchev–Trinajstić information content (AvgIpc) is 3.08. The molecule has 4 heteroatoms. The zero-order valence-corrected chi connectivity index (χ0v) is 13.0. The van der Waals surface area contributed by atoms with Gasteiger partial charge in [0.2, 0.25) is 0 Å². The third-order valence-electron chi connectivity index (χ3n) is 5.05. The van der Waals surface area contributed by atoms with E-state index in [1.54, 1.807) is 29.4 Å². The standard InChI is InChI=1S/C19H19N3O/c23-18-16-8-11-20-12-17(16)21-14-22(18)13-19(9-4-5-10-19)15-6-2-1-3-7-15/h1-3,6-8,11-12,14H,4-5,9-10,13H2. The van der Waals surface area contributed by atoms with Crippen LogP contribution >= 0.6 is 0 Å². The number of aromatic nitrogens is 3. The molecule has 2 heterocycles. The van der Waals surface area contributed by atoms with E-state index in [9.17, 15) is 4.79 Å². The van der Waals surface area contributed by atoms with Crippen molar-refractivity contribution in [3.63, 3.8) is 0 Å². The summed E-state index contributed by atoms with van der Waals surface area (Å²) in [4.78, 5) is 21.2. The number of fused-ring (bicyclic) bond motifs is 1. The van der Waals surface area contributed by atoms with Crippen molar-refractivity contribution in [2.45, 2.75) is 37.6 Å². The van der Waals surface area contributed by atoms with E-state index >= 15 is 0 Å². The Bertz CT molecular complexity index is 880. The van der Waals surface area contributed by atoms with Gasteiger partial charge in [-0.1, -0.05) is 43.2 Å². The predicted molar refractivity (Wildman–Crippen MR) is 90.4 cm³/mol. The van der Waals surface area contributed by atoms with Crippen molar-refractivity contribution in [1.29, 1.82) is 0 Å². The maximum Gasteiger partial charge on any atom is 0.261 e. The number of benzene rings is 1. The second kappa shape index (κ2) is 5.61. The fourth-order valence-corrected chi connectivity index (χ4v) is 3.83. The summed E-state index contributed by atoms with van der Waals surface area (Å²) >= 11 is 0. The van der Waals surface area contributed by atoms with Gasteiger partial charge in [0.15, 0.2) is 0 Å². The van der Waals surface area contributed by atoms with Gasteiger partial charge >= 0.3 is 0 Å². The van der Waals surface area contributed by atoms with E-state index in [2.05, 4.69) is 34.2 Å². The lowest BCUT2D eigenvalue weighted by molar-refractivity contribution is 0.365. The molecule has 3 aromatic rings. The average molecular weight is 305 g/mol. The molecule has 1 fully saturated rings. The van der Waals surface area contributed by atoms with Crippen molar-refractivity contribution in [3.05, 3.63) is 71.0 Å². The zero-order valence-electron chi connectivity index (χ0n) is 13.0. The Labute approximate surface area is 134 Å². The highest BCUT2D eigenvalue weighted by molar-refractivity contribution is 5.75. The van der Waals surface area contributed by atoms with Gasteiger partial charge in [-0.25, -0.2) is 4.98 Å². The molecule has 0 radical (unpaired) electrons. The molecule has 1 saturated carbocycles. The van der Waals surface area contributed by atoms with Gasteiger partial charge in [-0.05, 0) is 24.5 Å². The molecule has 4 rings (SSSR count). The second-order valence-corrected chi connectivity index (χ2v) is 6.42. The molecule has 0 spiro atoms. The molecule has 0 aliphatic heterocycles. The van der Waals surface area contributed by atoms with E-state index in [4.69, 9.17) is 0 Å². The summed E-state index contributed by atoms with van der Waals surface area (Å²) in [5, 5.41) is 0.642. The molecule has 0 bridgehead atoms. The highest BCUT2D eigenvalue weighted by atomic mass is 16.1. The first-order valence-corrected chi connectivity index (χ1v) is 8.13. The van der Waals surface area contributed by atoms with Crippen LogP contribution in [-0.4, -0.2) is 14.5 Å². The van der Waals surface area contributed by atoms with Crippen molar-refractivity contribution < 1.29 is 0 Å². The molecule has 23 heavy (non-hydrogen) atoms. The molecule has 1 aromatic carbocycles. The maximum atomic E-state index is 12.8. The molecule has 0 N–H and O–H groups in total. The van der Waals surface area contributed by atoms with Crippen molar-refractivity contribution in [2.24, 2.45) is 0 Å². The van der Waals surface area contributed by atoms with Crippen LogP contribution < -0.4 is 5.56 Å². The Morgan fingerprint density at radius 1 is 1.09 bits per heavy atom. The monoisotopic (exact) mass is 305 g/mol. The quantitative estimate of drug-likeness (QED) is 0.746. The van der Waals surface area contributed by atoms with Crippen LogP contribution in [0.15, 0.2) is 59.9 Å². The van der Waals surface area contributed by atoms with Gasteiger partial charge in [-0.15, -0.1) is 0 Å². The number of pyridine rings is 1. The maximum absolute atomic E-state index is 12.8. The zero-order chi connectivity index (χ0) is 15.7. The van der Waals surface area contributed by atoms with E-state index in [0.717, 1.165) is 12.8 Å². The lowest BCUT2D eigenvalue weighted by atomic mass is 9.78. The van der Waals surface area contributed by atoms with E-state index in [-0.39, 0.29) is 11.0 Å². The molecule has 0 saturated heterocycles. The van der Waals surface area contributed by atoms with Gasteiger partial charge in [-0.3, -0.25) is 14.3 Å². The van der Waals surface area contributed by atoms with Gasteiger partial charge in [0, 0.05) is 18.2 Å². The van der Waals surface area contributed by atoms with Crippen LogP contribution in [0.2, 0.25) is 0 Å². The molecule has 1 aliphatic carbocycles. The number of rotatable bonds is 3. The minimum Gasteiger partial charge on any atom is -0.298 e. The third-order valence-corrected chi connectivity index (χ3v) is 5.05. The molecule has 4 nitrogen and oxygen atoms in total. The van der Waals surface area contributed by atoms with Crippen molar-refractivity contribution in [1.82, 2.24) is 14.5 Å². The normalized spacial score (nSPS) is 16.7. The highest BCUT2D eigenvalue weighted by Gasteiger charge is 2.36. The SMILES string of the molecule is O=c1c2ccncc2ncn1CC1(c2ccccc2)CCCC1. The Morgan fingerprint density at radius 2 is 1.87 bits per heavy atom. The van der Waals surface area contributed by atoms with Crippen LogP contribution in [0.4, 0.5) is 0 Å². The van der Waals surface area contributed by atoms with Crippen LogP contribution in [0.5, 0.6) is 0 Å². The van der Waals surface area contributed by atoms with E-state index in [1.807, 2.05) is 6.07 Å². The van der Waals surface area contributed by atoms with Crippen LogP contribution in [0, 0.1) is 0 Å². The van der Waals surface area contributed by atoms with Gasteiger partial charge in [0.1, 0.15) is 0 Å². The predicted octanol–water partition coefficient (Wildman–Crippen LogP) is 3.30. The second-order valence-electron chi connectivity index (χ2n) is 6.42. The van der Waals surface area contributed by atoms with Crippen molar-refractivity contribution in [2.75, 3.05) is 0 Å². The third kappa shape index (κ3) is 2.44. The van der Waals surface area contributed by atoms with E-state index in [1.165, 1.54) is 18.4 Å². The molecule has 1 aliphatic rings. The first-order chi connectivity index (χ1) is 11.3. The van der Waals surface area contributed by atoms with Gasteiger partial charge in [0.05, 0.1) is 23.4 Å². The summed E-state index contributed by atoms with van der Waals surface area (Å²) in [5.41, 5.74) is 2.07. The van der Waals surface area contributed by atoms with Gasteiger partial charge < -0.3 is 0 Å². The van der Waals surface area contributed by atoms with Crippen LogP contribution in [0.3, 0.4) is 0 Å². The minimum absolute atomic E-state index is 0.0274. The first-order valence-electron chi connectivity index (χ1n) is 8.13. The summed E-state index contributed by atoms with van der Waals surface area (Å²) in [6, 6.07) is 12.3. The lowest BCUT2D eigenvalue weighted by Crippen LogP contribution is -2.34. The molecule has 116 valence electrons. The lowest BCUT2D eigenvalue weighted by Gasteiger charge is -2.30. The number of nitrogens with zero attached hydrogens (tertiary/aromatic N) is 3. The molecule has 0 atom stereocenters. The highest BCUT2D eigenvalue weighted by Crippen LogP contribution is 2.42. The smallest absolute Gasteiger partial charge is 0.261 e. The van der Waals surface area contributed by atoms with E-state index in [0.29, 0.717) is 17.4 Å². The van der Waals surface area contributed by atoms with Gasteiger partial charge in [-0.2, -0.15) is 0 Å². The topological polar surface area (TPSA) is 47.8 Å². The Kier molecular flexibility index (Phi) is 3.45. The van der Waals surface area contributed by atoms with E-state index < -0.39 is 0 Å². The minimum atomic E-state index is 0.0274. The summed E-state index contributed by atoms with van der Waals surface area (Å²) in [7, 11) is 0. The summed E-state index contributed by atoms with van der Waals surface area (Å²) in [5.74, 6) is 0. The Balaban J connectivity index is 1.79. The fraction of sp³-hybridized carbons (Fsp3) is 0.316. The molecular formula is C19H19N3O. The molecule has 2 aromatic heterocycles. The Hall–Kier alpha value is -2.49. The molecule has 0 amide bonds. The van der Waals surface area contributed by atoms with Crippen molar-refractivity contribution in [3.8, 4) is 0 Å². The van der Waals surface area contributed by atoms with Crippen LogP contribution in [0.1, 0.15) is 31.2 Å². The van der Waals surface area contributed by atoms with Crippen LogP contribution in [-0.2, 0) is 12.0 Å². The summed E-state index contributed by atoms with van der Waals surface area (Å²) < 4.78 is 1.78. The first kappa shape index (κ1) is 14.1.